The van der Waals surface area contributed by atoms with Gasteiger partial charge in [0.25, 0.3) is 5.91 Å². The summed E-state index contributed by atoms with van der Waals surface area (Å²) >= 11 is 1.88. The summed E-state index contributed by atoms with van der Waals surface area (Å²) in [6.07, 6.45) is 8.32. The number of aromatic nitrogens is 1. The number of pyridine rings is 1. The van der Waals surface area contributed by atoms with E-state index in [1.807, 2.05) is 11.8 Å². The molecule has 0 atom stereocenters. The van der Waals surface area contributed by atoms with Gasteiger partial charge in [0.2, 0.25) is 0 Å². The second kappa shape index (κ2) is 8.80. The highest BCUT2D eigenvalue weighted by atomic mass is 32.2. The number of hydrogen-bond acceptors (Lipinski definition) is 4. The molecule has 100 valence electrons. The van der Waals surface area contributed by atoms with Crippen LogP contribution in [0.1, 0.15) is 36.0 Å². The van der Waals surface area contributed by atoms with Crippen molar-refractivity contribution in [3.05, 3.63) is 23.9 Å². The van der Waals surface area contributed by atoms with E-state index >= 15 is 0 Å². The van der Waals surface area contributed by atoms with Crippen molar-refractivity contribution in [2.45, 2.75) is 25.7 Å². The van der Waals surface area contributed by atoms with Crippen LogP contribution in [0, 0.1) is 0 Å². The molecular weight excluding hydrogens is 246 g/mol. The predicted molar refractivity (Wildman–Crippen MR) is 77.8 cm³/mol. The van der Waals surface area contributed by atoms with E-state index in [0.29, 0.717) is 11.4 Å². The number of anilines is 1. The van der Waals surface area contributed by atoms with Gasteiger partial charge in [-0.1, -0.05) is 12.8 Å². The molecule has 0 saturated heterocycles. The Morgan fingerprint density at radius 1 is 1.33 bits per heavy atom. The number of rotatable bonds is 8. The van der Waals surface area contributed by atoms with Crippen LogP contribution in [0.4, 0.5) is 5.82 Å². The molecule has 0 aliphatic heterocycles. The first-order chi connectivity index (χ1) is 8.74. The summed E-state index contributed by atoms with van der Waals surface area (Å²) in [5.74, 6) is 1.58. The van der Waals surface area contributed by atoms with Crippen molar-refractivity contribution < 1.29 is 4.79 Å². The number of nitrogens with two attached hydrogens (primary N) is 1. The molecule has 0 unspecified atom stereocenters. The lowest BCUT2D eigenvalue weighted by Gasteiger charge is -2.05. The van der Waals surface area contributed by atoms with Gasteiger partial charge in [0, 0.05) is 12.7 Å². The largest absolute Gasteiger partial charge is 0.384 e. The predicted octanol–water partition coefficient (Wildman–Crippen LogP) is 2.32. The molecule has 4 nitrogen and oxygen atoms in total. The molecule has 0 radical (unpaired) electrons. The Kier molecular flexibility index (Phi) is 7.25. The molecule has 1 amide bonds. The SMILES string of the molecule is CSCCCCCCNC(=O)c1ccc(N)nc1. The maximum atomic E-state index is 11.7. The molecule has 1 aromatic heterocycles. The zero-order valence-electron chi connectivity index (χ0n) is 10.8. The van der Waals surface area contributed by atoms with E-state index in [9.17, 15) is 4.79 Å². The highest BCUT2D eigenvalue weighted by Gasteiger charge is 2.04. The van der Waals surface area contributed by atoms with Crippen LogP contribution in [-0.2, 0) is 0 Å². The molecule has 0 aliphatic carbocycles. The van der Waals surface area contributed by atoms with Crippen LogP contribution >= 0.6 is 11.8 Å². The molecule has 3 N–H and O–H groups in total. The minimum Gasteiger partial charge on any atom is -0.384 e. The summed E-state index contributed by atoms with van der Waals surface area (Å²) in [4.78, 5) is 15.6. The Morgan fingerprint density at radius 2 is 2.11 bits per heavy atom. The summed E-state index contributed by atoms with van der Waals surface area (Å²) in [5, 5.41) is 2.88. The number of carbonyl (C=O) groups excluding carboxylic acids is 1. The van der Waals surface area contributed by atoms with E-state index < -0.39 is 0 Å². The van der Waals surface area contributed by atoms with E-state index in [-0.39, 0.29) is 5.91 Å². The molecule has 1 rings (SSSR count). The highest BCUT2D eigenvalue weighted by molar-refractivity contribution is 7.98. The van der Waals surface area contributed by atoms with Crippen molar-refractivity contribution in [1.29, 1.82) is 0 Å². The van der Waals surface area contributed by atoms with Crippen molar-refractivity contribution in [3.63, 3.8) is 0 Å². The highest BCUT2D eigenvalue weighted by Crippen LogP contribution is 2.04. The van der Waals surface area contributed by atoms with Gasteiger partial charge in [-0.2, -0.15) is 11.8 Å². The average Bonchev–Trinajstić information content (AvgIpc) is 2.38. The van der Waals surface area contributed by atoms with Gasteiger partial charge in [0.15, 0.2) is 0 Å². The van der Waals surface area contributed by atoms with Crippen LogP contribution in [-0.4, -0.2) is 29.4 Å². The van der Waals surface area contributed by atoms with Crippen molar-refractivity contribution in [2.24, 2.45) is 0 Å². The third-order valence-corrected chi connectivity index (χ3v) is 3.31. The van der Waals surface area contributed by atoms with Crippen LogP contribution in [0.5, 0.6) is 0 Å². The normalized spacial score (nSPS) is 10.3. The van der Waals surface area contributed by atoms with Crippen LogP contribution < -0.4 is 11.1 Å². The first-order valence-electron chi connectivity index (χ1n) is 6.22. The number of nitrogens with zero attached hydrogens (tertiary/aromatic N) is 1. The van der Waals surface area contributed by atoms with E-state index in [0.717, 1.165) is 13.0 Å². The number of thioether (sulfide) groups is 1. The second-order valence-corrected chi connectivity index (χ2v) is 5.12. The maximum absolute atomic E-state index is 11.7. The molecule has 0 aromatic carbocycles. The zero-order valence-corrected chi connectivity index (χ0v) is 11.6. The lowest BCUT2D eigenvalue weighted by atomic mass is 10.2. The molecule has 1 aromatic rings. The summed E-state index contributed by atoms with van der Waals surface area (Å²) < 4.78 is 0. The fraction of sp³-hybridized carbons (Fsp3) is 0.538. The molecule has 0 bridgehead atoms. The minimum atomic E-state index is -0.0772. The van der Waals surface area contributed by atoms with Gasteiger partial charge in [0.1, 0.15) is 5.82 Å². The fourth-order valence-corrected chi connectivity index (χ4v) is 2.06. The van der Waals surface area contributed by atoms with Crippen molar-refractivity contribution >= 4 is 23.5 Å². The molecular formula is C13H21N3OS. The Labute approximate surface area is 113 Å². The van der Waals surface area contributed by atoms with Crippen LogP contribution in [0.3, 0.4) is 0 Å². The third kappa shape index (κ3) is 5.91. The molecule has 0 aliphatic rings. The monoisotopic (exact) mass is 267 g/mol. The summed E-state index contributed by atoms with van der Waals surface area (Å²) in [6.45, 7) is 0.725. The minimum absolute atomic E-state index is 0.0772. The smallest absolute Gasteiger partial charge is 0.252 e. The van der Waals surface area contributed by atoms with E-state index in [4.69, 9.17) is 5.73 Å². The van der Waals surface area contributed by atoms with E-state index in [1.54, 1.807) is 12.1 Å². The van der Waals surface area contributed by atoms with Crippen molar-refractivity contribution in [1.82, 2.24) is 10.3 Å². The van der Waals surface area contributed by atoms with Gasteiger partial charge in [-0.25, -0.2) is 4.98 Å². The zero-order chi connectivity index (χ0) is 13.2. The van der Waals surface area contributed by atoms with Crippen LogP contribution in [0.25, 0.3) is 0 Å². The number of nitrogens with one attached hydrogen (secondary N) is 1. The van der Waals surface area contributed by atoms with Crippen molar-refractivity contribution in [2.75, 3.05) is 24.3 Å². The molecule has 5 heteroatoms. The second-order valence-electron chi connectivity index (χ2n) is 4.13. The number of amides is 1. The van der Waals surface area contributed by atoms with Gasteiger partial charge in [0.05, 0.1) is 5.56 Å². The first-order valence-corrected chi connectivity index (χ1v) is 7.62. The third-order valence-electron chi connectivity index (χ3n) is 2.61. The number of unbranched alkanes of at least 4 members (excludes halogenated alkanes) is 3. The Morgan fingerprint density at radius 3 is 2.78 bits per heavy atom. The van der Waals surface area contributed by atoms with Gasteiger partial charge in [-0.05, 0) is 37.0 Å². The molecule has 1 heterocycles. The Bertz CT molecular complexity index is 354. The van der Waals surface area contributed by atoms with Gasteiger partial charge < -0.3 is 11.1 Å². The number of carbonyl (C=O) groups is 1. The van der Waals surface area contributed by atoms with Crippen molar-refractivity contribution in [3.8, 4) is 0 Å². The molecule has 0 saturated carbocycles. The summed E-state index contributed by atoms with van der Waals surface area (Å²) in [7, 11) is 0. The Balaban J connectivity index is 2.12. The van der Waals surface area contributed by atoms with Gasteiger partial charge >= 0.3 is 0 Å². The first kappa shape index (κ1) is 14.8. The lowest BCUT2D eigenvalue weighted by molar-refractivity contribution is 0.0952. The average molecular weight is 267 g/mol. The fourth-order valence-electron chi connectivity index (χ4n) is 1.57. The van der Waals surface area contributed by atoms with Crippen LogP contribution in [0.2, 0.25) is 0 Å². The Hall–Kier alpha value is -1.23. The van der Waals surface area contributed by atoms with E-state index in [2.05, 4.69) is 16.6 Å². The summed E-state index contributed by atoms with van der Waals surface area (Å²) in [5.41, 5.74) is 6.02. The topological polar surface area (TPSA) is 68.0 Å². The standard InChI is InChI=1S/C13H21N3OS/c1-18-9-5-3-2-4-8-15-13(17)11-6-7-12(14)16-10-11/h6-7,10H,2-5,8-9H2,1H3,(H2,14,16)(H,15,17). The van der Waals surface area contributed by atoms with E-state index in [1.165, 1.54) is 31.2 Å². The van der Waals surface area contributed by atoms with Gasteiger partial charge in [-0.3, -0.25) is 4.79 Å². The molecule has 0 spiro atoms. The quantitative estimate of drug-likeness (QED) is 0.709. The van der Waals surface area contributed by atoms with Crippen LogP contribution in [0.15, 0.2) is 18.3 Å². The van der Waals surface area contributed by atoms with Gasteiger partial charge in [-0.15, -0.1) is 0 Å². The molecule has 0 fully saturated rings. The summed E-state index contributed by atoms with van der Waals surface area (Å²) in [6, 6.07) is 3.33. The lowest BCUT2D eigenvalue weighted by Crippen LogP contribution is -2.24. The number of hydrogen-bond donors (Lipinski definition) is 2. The molecule has 18 heavy (non-hydrogen) atoms. The maximum Gasteiger partial charge on any atom is 0.252 e. The number of nitrogen functional groups attached to an aromatic ring is 1.